The van der Waals surface area contributed by atoms with E-state index in [9.17, 15) is 9.59 Å². The van der Waals surface area contributed by atoms with Crippen molar-refractivity contribution in [3.63, 3.8) is 0 Å². The molecule has 1 aliphatic heterocycles. The van der Waals surface area contributed by atoms with Gasteiger partial charge in [0.05, 0.1) is 0 Å². The van der Waals surface area contributed by atoms with Gasteiger partial charge in [0.2, 0.25) is 0 Å². The van der Waals surface area contributed by atoms with Crippen LogP contribution in [0.1, 0.15) is 20.8 Å². The summed E-state index contributed by atoms with van der Waals surface area (Å²) < 4.78 is 5.31. The fourth-order valence-electron chi connectivity index (χ4n) is 2.16. The Labute approximate surface area is 139 Å². The van der Waals surface area contributed by atoms with Gasteiger partial charge in [-0.25, -0.2) is 14.8 Å². The summed E-state index contributed by atoms with van der Waals surface area (Å²) >= 11 is 6.06. The topological polar surface area (TPSA) is 87.7 Å². The van der Waals surface area contributed by atoms with E-state index >= 15 is 0 Å². The molecule has 1 N–H and O–H groups in total. The molecule has 2 rings (SSSR count). The second kappa shape index (κ2) is 6.19. The Kier molecular flexibility index (Phi) is 4.65. The van der Waals surface area contributed by atoms with Gasteiger partial charge in [-0.3, -0.25) is 9.69 Å². The molecule has 0 fully saturated rings. The Morgan fingerprint density at radius 3 is 2.74 bits per heavy atom. The number of ether oxygens (including phenoxy) is 1. The van der Waals surface area contributed by atoms with Crippen LogP contribution in [0.15, 0.2) is 6.33 Å². The minimum absolute atomic E-state index is 0.166. The molecular weight excluding hydrogens is 322 g/mol. The Morgan fingerprint density at radius 1 is 1.48 bits per heavy atom. The summed E-state index contributed by atoms with van der Waals surface area (Å²) in [7, 11) is 3.09. The molecule has 2 amide bonds. The highest BCUT2D eigenvalue weighted by Crippen LogP contribution is 2.32. The third-order valence-corrected chi connectivity index (χ3v) is 3.62. The van der Waals surface area contributed by atoms with Crippen LogP contribution in [-0.2, 0) is 9.53 Å². The van der Waals surface area contributed by atoms with Gasteiger partial charge in [0, 0.05) is 20.6 Å². The first-order chi connectivity index (χ1) is 10.6. The number of rotatable bonds is 1. The van der Waals surface area contributed by atoms with Crippen LogP contribution < -0.4 is 10.2 Å². The van der Waals surface area contributed by atoms with Crippen LogP contribution in [0.25, 0.3) is 0 Å². The number of halogens is 1. The molecule has 23 heavy (non-hydrogen) atoms. The smallest absolute Gasteiger partial charge is 0.410 e. The van der Waals surface area contributed by atoms with Crippen LogP contribution in [-0.4, -0.2) is 59.2 Å². The maximum atomic E-state index is 12.7. The zero-order valence-corrected chi connectivity index (χ0v) is 14.5. The summed E-state index contributed by atoms with van der Waals surface area (Å²) in [6, 6.07) is -0.750. The first-order valence-corrected chi connectivity index (χ1v) is 7.47. The molecular formula is C14H20ClN5O3. The molecule has 0 spiro atoms. The maximum Gasteiger partial charge on any atom is 0.410 e. The highest BCUT2D eigenvalue weighted by Gasteiger charge is 2.36. The average molecular weight is 342 g/mol. The number of anilines is 2. The van der Waals surface area contributed by atoms with Gasteiger partial charge < -0.3 is 15.0 Å². The van der Waals surface area contributed by atoms with E-state index in [2.05, 4.69) is 15.3 Å². The number of aromatic nitrogens is 2. The van der Waals surface area contributed by atoms with Crippen LogP contribution in [0, 0.1) is 0 Å². The zero-order valence-electron chi connectivity index (χ0n) is 13.8. The lowest BCUT2D eigenvalue weighted by molar-refractivity contribution is -0.122. The molecule has 1 aromatic heterocycles. The van der Waals surface area contributed by atoms with Crippen molar-refractivity contribution in [2.75, 3.05) is 30.9 Å². The summed E-state index contributed by atoms with van der Waals surface area (Å²) in [6.07, 6.45) is 0.735. The predicted molar refractivity (Wildman–Crippen MR) is 86.7 cm³/mol. The SMILES string of the molecule is CN1C(=O)C(N(C)C(=O)OC(C)(C)C)CNc2ncnc(Cl)c21. The van der Waals surface area contributed by atoms with Gasteiger partial charge in [-0.05, 0) is 20.8 Å². The minimum atomic E-state index is -0.750. The zero-order chi connectivity index (χ0) is 17.4. The third-order valence-electron chi connectivity index (χ3n) is 3.34. The Hall–Kier alpha value is -2.09. The highest BCUT2D eigenvalue weighted by molar-refractivity contribution is 6.33. The van der Waals surface area contributed by atoms with Crippen molar-refractivity contribution in [1.29, 1.82) is 0 Å². The lowest BCUT2D eigenvalue weighted by atomic mass is 10.2. The number of likely N-dealkylation sites (N-methyl/N-ethyl adjacent to an activating group) is 2. The van der Waals surface area contributed by atoms with Crippen LogP contribution in [0.4, 0.5) is 16.3 Å². The fourth-order valence-corrected chi connectivity index (χ4v) is 2.42. The van der Waals surface area contributed by atoms with Crippen LogP contribution in [0.5, 0.6) is 0 Å². The molecule has 9 heteroatoms. The first kappa shape index (κ1) is 17.3. The molecule has 1 unspecified atom stereocenters. The van der Waals surface area contributed by atoms with Crippen molar-refractivity contribution in [1.82, 2.24) is 14.9 Å². The van der Waals surface area contributed by atoms with Gasteiger partial charge in [0.1, 0.15) is 23.7 Å². The molecule has 126 valence electrons. The second-order valence-electron chi connectivity index (χ2n) is 6.25. The molecule has 1 aromatic rings. The third kappa shape index (κ3) is 3.64. The largest absolute Gasteiger partial charge is 0.444 e. The van der Waals surface area contributed by atoms with E-state index < -0.39 is 17.7 Å². The highest BCUT2D eigenvalue weighted by atomic mass is 35.5. The van der Waals surface area contributed by atoms with Crippen molar-refractivity contribution in [3.05, 3.63) is 11.5 Å². The minimum Gasteiger partial charge on any atom is -0.444 e. The lowest BCUT2D eigenvalue weighted by Gasteiger charge is -2.30. The van der Waals surface area contributed by atoms with Gasteiger partial charge in [-0.15, -0.1) is 0 Å². The summed E-state index contributed by atoms with van der Waals surface area (Å²) in [5.74, 6) is 0.141. The van der Waals surface area contributed by atoms with Crippen molar-refractivity contribution in [2.24, 2.45) is 0 Å². The standard InChI is InChI=1S/C14H20ClN5O3/c1-14(2,3)23-13(22)19(4)8-6-16-11-9(20(5)12(8)21)10(15)17-7-18-11/h7-8H,6H2,1-5H3,(H,16,17,18). The summed E-state index contributed by atoms with van der Waals surface area (Å²) in [5.41, 5.74) is -0.254. The predicted octanol–water partition coefficient (Wildman–Crippen LogP) is 1.75. The van der Waals surface area contributed by atoms with Crippen molar-refractivity contribution in [3.8, 4) is 0 Å². The number of fused-ring (bicyclic) bond motifs is 1. The molecule has 0 radical (unpaired) electrons. The summed E-state index contributed by atoms with van der Waals surface area (Å²) in [4.78, 5) is 35.5. The Morgan fingerprint density at radius 2 is 2.13 bits per heavy atom. The van der Waals surface area contributed by atoms with E-state index in [1.165, 1.54) is 23.2 Å². The molecule has 0 saturated carbocycles. The van der Waals surface area contributed by atoms with E-state index in [0.29, 0.717) is 11.5 Å². The fraction of sp³-hybridized carbons (Fsp3) is 0.571. The lowest BCUT2D eigenvalue weighted by Crippen LogP contribution is -2.51. The summed E-state index contributed by atoms with van der Waals surface area (Å²) in [5, 5.41) is 3.19. The van der Waals surface area contributed by atoms with Crippen molar-refractivity contribution >= 4 is 35.1 Å². The number of amides is 2. The number of nitrogens with one attached hydrogen (secondary N) is 1. The van der Waals surface area contributed by atoms with Gasteiger partial charge in [-0.2, -0.15) is 0 Å². The summed E-state index contributed by atoms with van der Waals surface area (Å²) in [6.45, 7) is 5.50. The van der Waals surface area contributed by atoms with Crippen LogP contribution in [0.2, 0.25) is 5.15 Å². The normalized spacial score (nSPS) is 17.9. The molecule has 0 aliphatic carbocycles. The van der Waals surface area contributed by atoms with Crippen molar-refractivity contribution < 1.29 is 14.3 Å². The van der Waals surface area contributed by atoms with E-state index in [0.717, 1.165) is 0 Å². The number of hydrogen-bond acceptors (Lipinski definition) is 6. The number of carbonyl (C=O) groups is 2. The Bertz CT molecular complexity index is 631. The van der Waals surface area contributed by atoms with E-state index in [1.807, 2.05) is 0 Å². The van der Waals surface area contributed by atoms with E-state index in [1.54, 1.807) is 27.8 Å². The molecule has 1 atom stereocenters. The first-order valence-electron chi connectivity index (χ1n) is 7.09. The molecule has 8 nitrogen and oxygen atoms in total. The Balaban J connectivity index is 2.26. The second-order valence-corrected chi connectivity index (χ2v) is 6.60. The average Bonchev–Trinajstić information content (AvgIpc) is 2.56. The monoisotopic (exact) mass is 341 g/mol. The molecule has 0 aromatic carbocycles. The van der Waals surface area contributed by atoms with Gasteiger partial charge >= 0.3 is 6.09 Å². The van der Waals surface area contributed by atoms with E-state index in [4.69, 9.17) is 16.3 Å². The molecule has 0 saturated heterocycles. The molecule has 2 heterocycles. The molecule has 0 bridgehead atoms. The van der Waals surface area contributed by atoms with Gasteiger partial charge in [0.25, 0.3) is 5.91 Å². The maximum absolute atomic E-state index is 12.7. The van der Waals surface area contributed by atoms with Gasteiger partial charge in [0.15, 0.2) is 11.0 Å². The molecule has 1 aliphatic rings. The number of hydrogen-bond donors (Lipinski definition) is 1. The number of nitrogens with zero attached hydrogens (tertiary/aromatic N) is 4. The van der Waals surface area contributed by atoms with Crippen molar-refractivity contribution in [2.45, 2.75) is 32.4 Å². The van der Waals surface area contributed by atoms with Gasteiger partial charge in [-0.1, -0.05) is 11.6 Å². The van der Waals surface area contributed by atoms with Crippen LogP contribution >= 0.6 is 11.6 Å². The van der Waals surface area contributed by atoms with E-state index in [-0.39, 0.29) is 17.6 Å². The number of carbonyl (C=O) groups excluding carboxylic acids is 2. The quantitative estimate of drug-likeness (QED) is 0.783. The van der Waals surface area contributed by atoms with Crippen LogP contribution in [0.3, 0.4) is 0 Å².